The fourth-order valence-electron chi connectivity index (χ4n) is 2.98. The normalized spacial score (nSPS) is 16.5. The molecule has 0 unspecified atom stereocenters. The lowest BCUT2D eigenvalue weighted by Gasteiger charge is -2.26. The molecule has 3 rings (SSSR count). The van der Waals surface area contributed by atoms with Crippen LogP contribution in [0.5, 0.6) is 0 Å². The Balaban J connectivity index is 2.12. The first-order valence-corrected chi connectivity index (χ1v) is 7.62. The first kappa shape index (κ1) is 15.0. The van der Waals surface area contributed by atoms with E-state index < -0.39 is 0 Å². The third kappa shape index (κ3) is 2.28. The van der Waals surface area contributed by atoms with Gasteiger partial charge in [0.15, 0.2) is 11.2 Å². The van der Waals surface area contributed by atoms with Gasteiger partial charge in [-0.2, -0.15) is 0 Å². The Morgan fingerprint density at radius 2 is 1.82 bits per heavy atom. The number of piperazine rings is 1. The number of aromatic nitrogens is 4. The second kappa shape index (κ2) is 5.69. The summed E-state index contributed by atoms with van der Waals surface area (Å²) in [6, 6.07) is 0. The molecule has 0 aliphatic carbocycles. The topological polar surface area (TPSA) is 77.1 Å². The van der Waals surface area contributed by atoms with Crippen molar-refractivity contribution in [3.05, 3.63) is 26.7 Å². The van der Waals surface area contributed by atoms with E-state index in [9.17, 15) is 9.59 Å². The highest BCUT2D eigenvalue weighted by atomic mass is 16.2. The summed E-state index contributed by atoms with van der Waals surface area (Å²) in [4.78, 5) is 31.6. The van der Waals surface area contributed by atoms with Crippen LogP contribution in [-0.2, 0) is 27.2 Å². The molecule has 120 valence electrons. The standard InChI is InChI=1S/C14H22N6O2/c1-4-20-13(21)11-12(18(3)14(20)22)16-10(17(11)2)9-19-7-5-15-6-8-19/h15H,4-9H2,1-3H3. The van der Waals surface area contributed by atoms with Crippen LogP contribution in [0, 0.1) is 0 Å². The van der Waals surface area contributed by atoms with Crippen molar-refractivity contribution in [2.45, 2.75) is 20.0 Å². The average molecular weight is 306 g/mol. The van der Waals surface area contributed by atoms with Gasteiger partial charge in [0.05, 0.1) is 6.54 Å². The molecule has 8 nitrogen and oxygen atoms in total. The summed E-state index contributed by atoms with van der Waals surface area (Å²) in [5.74, 6) is 0.817. The van der Waals surface area contributed by atoms with E-state index in [1.54, 1.807) is 14.0 Å². The van der Waals surface area contributed by atoms with E-state index in [0.29, 0.717) is 24.3 Å². The zero-order valence-electron chi connectivity index (χ0n) is 13.3. The van der Waals surface area contributed by atoms with Crippen molar-refractivity contribution in [3.8, 4) is 0 Å². The maximum Gasteiger partial charge on any atom is 0.332 e. The predicted octanol–water partition coefficient (Wildman–Crippen LogP) is -1.14. The largest absolute Gasteiger partial charge is 0.332 e. The van der Waals surface area contributed by atoms with Crippen molar-refractivity contribution in [1.82, 2.24) is 28.9 Å². The Bertz CT molecular complexity index is 809. The molecule has 0 bridgehead atoms. The molecule has 2 aromatic rings. The molecule has 0 radical (unpaired) electrons. The van der Waals surface area contributed by atoms with Crippen LogP contribution < -0.4 is 16.6 Å². The molecule has 0 aromatic carbocycles. The van der Waals surface area contributed by atoms with Crippen LogP contribution in [0.1, 0.15) is 12.7 Å². The molecule has 0 saturated carbocycles. The lowest BCUT2D eigenvalue weighted by Crippen LogP contribution is -2.43. The highest BCUT2D eigenvalue weighted by Crippen LogP contribution is 2.11. The van der Waals surface area contributed by atoms with E-state index in [4.69, 9.17) is 0 Å². The van der Waals surface area contributed by atoms with Crippen LogP contribution in [0.25, 0.3) is 11.2 Å². The maximum absolute atomic E-state index is 12.5. The van der Waals surface area contributed by atoms with Crippen molar-refractivity contribution < 1.29 is 0 Å². The molecule has 1 saturated heterocycles. The summed E-state index contributed by atoms with van der Waals surface area (Å²) < 4.78 is 4.53. The van der Waals surface area contributed by atoms with Gasteiger partial charge >= 0.3 is 5.69 Å². The monoisotopic (exact) mass is 306 g/mol. The van der Waals surface area contributed by atoms with Crippen LogP contribution in [-0.4, -0.2) is 49.8 Å². The minimum atomic E-state index is -0.313. The van der Waals surface area contributed by atoms with Gasteiger partial charge in [0.2, 0.25) is 0 Å². The molecular weight excluding hydrogens is 284 g/mol. The molecule has 1 aliphatic rings. The van der Waals surface area contributed by atoms with Gasteiger partial charge in [-0.25, -0.2) is 9.78 Å². The van der Waals surface area contributed by atoms with Crippen LogP contribution >= 0.6 is 0 Å². The number of fused-ring (bicyclic) bond motifs is 1. The quantitative estimate of drug-likeness (QED) is 0.775. The smallest absolute Gasteiger partial charge is 0.324 e. The molecule has 1 aliphatic heterocycles. The molecule has 0 amide bonds. The summed E-state index contributed by atoms with van der Waals surface area (Å²) >= 11 is 0. The predicted molar refractivity (Wildman–Crippen MR) is 84.0 cm³/mol. The van der Waals surface area contributed by atoms with E-state index in [1.165, 1.54) is 9.13 Å². The molecule has 1 N–H and O–H groups in total. The third-order valence-corrected chi connectivity index (χ3v) is 4.34. The second-order valence-electron chi connectivity index (χ2n) is 5.68. The highest BCUT2D eigenvalue weighted by Gasteiger charge is 2.19. The number of nitrogens with one attached hydrogen (secondary N) is 1. The summed E-state index contributed by atoms with van der Waals surface area (Å²) in [6.07, 6.45) is 0. The van der Waals surface area contributed by atoms with Crippen LogP contribution in [0.4, 0.5) is 0 Å². The van der Waals surface area contributed by atoms with E-state index in [2.05, 4.69) is 15.2 Å². The SMILES string of the molecule is CCn1c(=O)c2c(nc(CN3CCNCC3)n2C)n(C)c1=O. The zero-order valence-corrected chi connectivity index (χ0v) is 13.3. The summed E-state index contributed by atoms with van der Waals surface area (Å²) in [7, 11) is 3.51. The molecule has 1 fully saturated rings. The Morgan fingerprint density at radius 3 is 2.45 bits per heavy atom. The molecule has 2 aromatic heterocycles. The molecule has 22 heavy (non-hydrogen) atoms. The van der Waals surface area contributed by atoms with Crippen LogP contribution in [0.3, 0.4) is 0 Å². The number of hydrogen-bond acceptors (Lipinski definition) is 5. The van der Waals surface area contributed by atoms with Gasteiger partial charge in [0.25, 0.3) is 5.56 Å². The average Bonchev–Trinajstić information content (AvgIpc) is 2.84. The van der Waals surface area contributed by atoms with Gasteiger partial charge in [0.1, 0.15) is 5.82 Å². The summed E-state index contributed by atoms with van der Waals surface area (Å²) in [6.45, 7) is 6.69. The Labute approximate surface area is 128 Å². The van der Waals surface area contributed by atoms with Gasteiger partial charge in [-0.05, 0) is 6.92 Å². The zero-order chi connectivity index (χ0) is 15.9. The van der Waals surface area contributed by atoms with Crippen LogP contribution in [0.2, 0.25) is 0 Å². The number of nitrogens with zero attached hydrogens (tertiary/aromatic N) is 5. The fourth-order valence-corrected chi connectivity index (χ4v) is 2.98. The van der Waals surface area contributed by atoms with E-state index in [0.717, 1.165) is 32.0 Å². The third-order valence-electron chi connectivity index (χ3n) is 4.34. The highest BCUT2D eigenvalue weighted by molar-refractivity contribution is 5.70. The Morgan fingerprint density at radius 1 is 1.14 bits per heavy atom. The Kier molecular flexibility index (Phi) is 3.88. The number of imidazole rings is 1. The first-order chi connectivity index (χ1) is 10.5. The van der Waals surface area contributed by atoms with Crippen molar-refractivity contribution in [2.75, 3.05) is 26.2 Å². The first-order valence-electron chi connectivity index (χ1n) is 7.62. The number of aryl methyl sites for hydroxylation is 2. The maximum atomic E-state index is 12.5. The number of hydrogen-bond donors (Lipinski definition) is 1. The van der Waals surface area contributed by atoms with Crippen molar-refractivity contribution in [2.24, 2.45) is 14.1 Å². The molecule has 8 heteroatoms. The van der Waals surface area contributed by atoms with E-state index in [1.807, 2.05) is 11.6 Å². The second-order valence-corrected chi connectivity index (χ2v) is 5.68. The van der Waals surface area contributed by atoms with Crippen molar-refractivity contribution >= 4 is 11.2 Å². The number of rotatable bonds is 3. The van der Waals surface area contributed by atoms with Crippen molar-refractivity contribution in [1.29, 1.82) is 0 Å². The van der Waals surface area contributed by atoms with Gasteiger partial charge in [-0.3, -0.25) is 18.8 Å². The molecule has 0 spiro atoms. The van der Waals surface area contributed by atoms with Crippen molar-refractivity contribution in [3.63, 3.8) is 0 Å². The van der Waals surface area contributed by atoms with Gasteiger partial charge in [-0.1, -0.05) is 0 Å². The van der Waals surface area contributed by atoms with Gasteiger partial charge in [-0.15, -0.1) is 0 Å². The molecule has 3 heterocycles. The van der Waals surface area contributed by atoms with E-state index >= 15 is 0 Å². The Hall–Kier alpha value is -1.93. The summed E-state index contributed by atoms with van der Waals surface area (Å²) in [5, 5.41) is 3.31. The van der Waals surface area contributed by atoms with Crippen LogP contribution in [0.15, 0.2) is 9.59 Å². The lowest BCUT2D eigenvalue weighted by molar-refractivity contribution is 0.226. The molecular formula is C14H22N6O2. The summed E-state index contributed by atoms with van der Waals surface area (Å²) in [5.41, 5.74) is 0.385. The minimum Gasteiger partial charge on any atom is -0.324 e. The minimum absolute atomic E-state index is 0.262. The fraction of sp³-hybridized carbons (Fsp3) is 0.643. The van der Waals surface area contributed by atoms with E-state index in [-0.39, 0.29) is 11.2 Å². The van der Waals surface area contributed by atoms with Gasteiger partial charge < -0.3 is 9.88 Å². The molecule has 0 atom stereocenters. The van der Waals surface area contributed by atoms with Gasteiger partial charge in [0, 0.05) is 46.8 Å². The lowest BCUT2D eigenvalue weighted by atomic mass is 10.3.